The molecule has 0 unspecified atom stereocenters. The van der Waals surface area contributed by atoms with Gasteiger partial charge in [-0.3, -0.25) is 4.98 Å². The first kappa shape index (κ1) is 17.4. The molecule has 5 aromatic heterocycles. The van der Waals surface area contributed by atoms with Gasteiger partial charge in [0.15, 0.2) is 0 Å². The lowest BCUT2D eigenvalue weighted by atomic mass is 10.1. The fourth-order valence-corrected chi connectivity index (χ4v) is 3.74. The molecule has 148 valence electrons. The Labute approximate surface area is 175 Å². The van der Waals surface area contributed by atoms with Gasteiger partial charge in [-0.15, -0.1) is 0 Å². The fraction of sp³-hybridized carbons (Fsp3) is 0. The van der Waals surface area contributed by atoms with Gasteiger partial charge < -0.3 is 9.97 Å². The third kappa shape index (κ3) is 2.84. The summed E-state index contributed by atoms with van der Waals surface area (Å²) >= 11 is 0. The number of rotatable bonds is 3. The number of pyridine rings is 2. The molecule has 6 aromatic rings. The van der Waals surface area contributed by atoms with Gasteiger partial charge in [-0.1, -0.05) is 18.2 Å². The fourth-order valence-electron chi connectivity index (χ4n) is 3.74. The zero-order chi connectivity index (χ0) is 20.8. The van der Waals surface area contributed by atoms with Crippen LogP contribution in [0.4, 0.5) is 4.39 Å². The van der Waals surface area contributed by atoms with Crippen molar-refractivity contribution in [2.45, 2.75) is 0 Å². The number of imidazole rings is 1. The van der Waals surface area contributed by atoms with Crippen molar-refractivity contribution in [2.75, 3.05) is 0 Å². The van der Waals surface area contributed by atoms with Crippen LogP contribution < -0.4 is 0 Å². The zero-order valence-corrected chi connectivity index (χ0v) is 16.0. The van der Waals surface area contributed by atoms with E-state index >= 15 is 0 Å². The molecule has 7 nitrogen and oxygen atoms in total. The number of aromatic nitrogens is 7. The molecule has 0 amide bonds. The van der Waals surface area contributed by atoms with E-state index in [4.69, 9.17) is 4.98 Å². The second kappa shape index (κ2) is 6.81. The second-order valence-electron chi connectivity index (χ2n) is 7.10. The lowest BCUT2D eigenvalue weighted by molar-refractivity contribution is 0.631. The quantitative estimate of drug-likeness (QED) is 0.441. The first-order valence-electron chi connectivity index (χ1n) is 9.59. The van der Waals surface area contributed by atoms with Gasteiger partial charge in [0.2, 0.25) is 0 Å². The second-order valence-corrected chi connectivity index (χ2v) is 7.10. The summed E-state index contributed by atoms with van der Waals surface area (Å²) in [4.78, 5) is 28.2. The first-order chi connectivity index (χ1) is 15.3. The highest BCUT2D eigenvalue weighted by Gasteiger charge is 2.16. The molecule has 0 spiro atoms. The molecule has 0 saturated heterocycles. The number of halogens is 1. The van der Waals surface area contributed by atoms with Gasteiger partial charge in [-0.05, 0) is 12.1 Å². The molecule has 0 aliphatic heterocycles. The lowest BCUT2D eigenvalue weighted by Gasteiger charge is -2.03. The number of aromatic amines is 2. The average Bonchev–Trinajstić information content (AvgIpc) is 3.43. The van der Waals surface area contributed by atoms with Crippen LogP contribution >= 0.6 is 0 Å². The van der Waals surface area contributed by atoms with Crippen LogP contribution in [-0.2, 0) is 0 Å². The van der Waals surface area contributed by atoms with Crippen molar-refractivity contribution in [3.63, 3.8) is 0 Å². The maximum absolute atomic E-state index is 14.4. The monoisotopic (exact) mass is 407 g/mol. The van der Waals surface area contributed by atoms with Gasteiger partial charge in [-0.25, -0.2) is 24.3 Å². The Morgan fingerprint density at radius 3 is 2.55 bits per heavy atom. The Balaban J connectivity index is 1.53. The van der Waals surface area contributed by atoms with Gasteiger partial charge in [0, 0.05) is 64.2 Å². The van der Waals surface area contributed by atoms with Crippen molar-refractivity contribution in [1.82, 2.24) is 34.9 Å². The van der Waals surface area contributed by atoms with Crippen LogP contribution in [0.2, 0.25) is 0 Å². The summed E-state index contributed by atoms with van der Waals surface area (Å²) in [6, 6.07) is 8.64. The predicted molar refractivity (Wildman–Crippen MR) is 115 cm³/mol. The summed E-state index contributed by atoms with van der Waals surface area (Å²) < 4.78 is 14.4. The standard InChI is InChI=1S/C23H14FN7/c24-19-4-2-1-3-15(19)17-9-25-11-20-21(17)31-23(30-20)18-10-29-22-16(18)5-13(8-28-22)14-6-26-12-27-7-14/h1-12H,(H,28,29)(H,30,31). The molecule has 0 fully saturated rings. The topological polar surface area (TPSA) is 96.0 Å². The molecule has 2 N–H and O–H groups in total. The highest BCUT2D eigenvalue weighted by atomic mass is 19.1. The molecule has 0 aliphatic carbocycles. The molecule has 8 heteroatoms. The van der Waals surface area contributed by atoms with Gasteiger partial charge in [0.05, 0.1) is 11.7 Å². The Bertz CT molecular complexity index is 1550. The van der Waals surface area contributed by atoms with E-state index in [0.29, 0.717) is 22.5 Å². The number of fused-ring (bicyclic) bond motifs is 2. The number of benzene rings is 1. The van der Waals surface area contributed by atoms with E-state index < -0.39 is 0 Å². The smallest absolute Gasteiger partial charge is 0.140 e. The number of hydrogen-bond donors (Lipinski definition) is 2. The summed E-state index contributed by atoms with van der Waals surface area (Å²) in [5, 5.41) is 0.904. The zero-order valence-electron chi connectivity index (χ0n) is 16.0. The summed E-state index contributed by atoms with van der Waals surface area (Å²) in [6.07, 6.45) is 11.9. The summed E-state index contributed by atoms with van der Waals surface area (Å²) in [5.41, 5.74) is 5.86. The predicted octanol–water partition coefficient (Wildman–Crippen LogP) is 4.76. The van der Waals surface area contributed by atoms with Crippen LogP contribution in [-0.4, -0.2) is 34.9 Å². The Morgan fingerprint density at radius 2 is 1.68 bits per heavy atom. The summed E-state index contributed by atoms with van der Waals surface area (Å²) in [6.45, 7) is 0. The van der Waals surface area contributed by atoms with Gasteiger partial charge in [0.1, 0.15) is 29.1 Å². The van der Waals surface area contributed by atoms with Crippen molar-refractivity contribution < 1.29 is 4.39 Å². The van der Waals surface area contributed by atoms with Gasteiger partial charge in [-0.2, -0.15) is 0 Å². The van der Waals surface area contributed by atoms with Crippen LogP contribution in [0, 0.1) is 5.82 Å². The largest absolute Gasteiger partial charge is 0.345 e. The van der Waals surface area contributed by atoms with Crippen LogP contribution in [0.3, 0.4) is 0 Å². The third-order valence-corrected chi connectivity index (χ3v) is 5.24. The van der Waals surface area contributed by atoms with Crippen LogP contribution in [0.15, 0.2) is 73.8 Å². The van der Waals surface area contributed by atoms with E-state index in [9.17, 15) is 4.39 Å². The minimum Gasteiger partial charge on any atom is -0.345 e. The molecule has 0 atom stereocenters. The van der Waals surface area contributed by atoms with Crippen LogP contribution in [0.5, 0.6) is 0 Å². The molecule has 0 radical (unpaired) electrons. The van der Waals surface area contributed by atoms with E-state index in [0.717, 1.165) is 33.2 Å². The molecular weight excluding hydrogens is 393 g/mol. The van der Waals surface area contributed by atoms with E-state index in [1.54, 1.807) is 49.2 Å². The number of nitrogens with zero attached hydrogens (tertiary/aromatic N) is 5. The van der Waals surface area contributed by atoms with E-state index in [1.807, 2.05) is 12.3 Å². The van der Waals surface area contributed by atoms with Crippen molar-refractivity contribution >= 4 is 22.1 Å². The minimum absolute atomic E-state index is 0.313. The normalized spacial score (nSPS) is 11.4. The maximum atomic E-state index is 14.4. The summed E-state index contributed by atoms with van der Waals surface area (Å²) in [7, 11) is 0. The first-order valence-corrected chi connectivity index (χ1v) is 9.59. The number of nitrogens with one attached hydrogen (secondary N) is 2. The van der Waals surface area contributed by atoms with Crippen molar-refractivity contribution in [1.29, 1.82) is 0 Å². The Hall–Kier alpha value is -4.46. The molecule has 6 rings (SSSR count). The molecule has 0 bridgehead atoms. The third-order valence-electron chi connectivity index (χ3n) is 5.24. The maximum Gasteiger partial charge on any atom is 0.140 e. The number of hydrogen-bond acceptors (Lipinski definition) is 5. The highest BCUT2D eigenvalue weighted by molar-refractivity contribution is 5.98. The minimum atomic E-state index is -0.313. The van der Waals surface area contributed by atoms with Crippen molar-refractivity contribution in [2.24, 2.45) is 0 Å². The van der Waals surface area contributed by atoms with Crippen LogP contribution in [0.25, 0.3) is 55.7 Å². The Morgan fingerprint density at radius 1 is 0.806 bits per heavy atom. The van der Waals surface area contributed by atoms with Crippen LogP contribution in [0.1, 0.15) is 0 Å². The van der Waals surface area contributed by atoms with E-state index in [2.05, 4.69) is 29.9 Å². The van der Waals surface area contributed by atoms with E-state index in [1.165, 1.54) is 12.4 Å². The SMILES string of the molecule is Fc1ccccc1-c1cncc2[nH]c(-c3c[nH]c4ncc(-c5cncnc5)cc34)nc12. The molecule has 31 heavy (non-hydrogen) atoms. The molecular formula is C23H14FN7. The average molecular weight is 407 g/mol. The molecule has 1 aromatic carbocycles. The van der Waals surface area contributed by atoms with E-state index in [-0.39, 0.29) is 5.82 Å². The lowest BCUT2D eigenvalue weighted by Crippen LogP contribution is -1.87. The molecule has 0 saturated carbocycles. The summed E-state index contributed by atoms with van der Waals surface area (Å²) in [5.74, 6) is 0.336. The van der Waals surface area contributed by atoms with Gasteiger partial charge in [0.25, 0.3) is 0 Å². The van der Waals surface area contributed by atoms with Crippen molar-refractivity contribution in [3.05, 3.63) is 79.7 Å². The molecule has 5 heterocycles. The van der Waals surface area contributed by atoms with Gasteiger partial charge >= 0.3 is 0 Å². The Kier molecular flexibility index (Phi) is 3.82. The number of H-pyrrole nitrogens is 2. The molecule has 0 aliphatic rings. The van der Waals surface area contributed by atoms with Crippen molar-refractivity contribution in [3.8, 4) is 33.6 Å². The highest BCUT2D eigenvalue weighted by Crippen LogP contribution is 2.33.